The molecule has 1 aromatic carbocycles. The summed E-state index contributed by atoms with van der Waals surface area (Å²) in [7, 11) is 1.67. The number of halogens is 1. The summed E-state index contributed by atoms with van der Waals surface area (Å²) in [5.41, 5.74) is 1.70. The molecule has 24 heavy (non-hydrogen) atoms. The highest BCUT2D eigenvalue weighted by Crippen LogP contribution is 2.26. The number of carbonyl (C=O) groups excluding carboxylic acids is 1. The van der Waals surface area contributed by atoms with Crippen LogP contribution < -0.4 is 5.32 Å². The fourth-order valence-corrected chi connectivity index (χ4v) is 3.12. The summed E-state index contributed by atoms with van der Waals surface area (Å²) in [5.74, 6) is -0.809. The molecule has 1 amide bonds. The number of nitrogens with zero attached hydrogens (tertiary/aromatic N) is 2. The van der Waals surface area contributed by atoms with Crippen LogP contribution in [0.25, 0.3) is 11.3 Å². The first-order valence-corrected chi connectivity index (χ1v) is 7.87. The molecule has 0 bridgehead atoms. The number of aliphatic hydroxyl groups excluding tert-OH is 2. The molecule has 1 aromatic heterocycles. The normalized spacial score (nSPS) is 23.4. The summed E-state index contributed by atoms with van der Waals surface area (Å²) in [6.07, 6.45) is 0.382. The van der Waals surface area contributed by atoms with Crippen LogP contribution in [0.5, 0.6) is 0 Å². The highest BCUT2D eigenvalue weighted by molar-refractivity contribution is 5.93. The topological polar surface area (TPSA) is 87.4 Å². The minimum absolute atomic E-state index is 0.0893. The Morgan fingerprint density at radius 3 is 2.71 bits per heavy atom. The monoisotopic (exact) mass is 333 g/mol. The summed E-state index contributed by atoms with van der Waals surface area (Å²) in [6, 6.07) is 7.39. The molecule has 1 aliphatic rings. The van der Waals surface area contributed by atoms with E-state index in [1.165, 1.54) is 16.8 Å². The minimum Gasteiger partial charge on any atom is -0.396 e. The summed E-state index contributed by atoms with van der Waals surface area (Å²) in [6.45, 7) is -0.0893. The minimum atomic E-state index is -0.596. The van der Waals surface area contributed by atoms with Gasteiger partial charge in [-0.25, -0.2) is 4.39 Å². The van der Waals surface area contributed by atoms with Gasteiger partial charge in [-0.2, -0.15) is 5.10 Å². The van der Waals surface area contributed by atoms with E-state index in [4.69, 9.17) is 0 Å². The Morgan fingerprint density at radius 1 is 1.38 bits per heavy atom. The zero-order valence-corrected chi connectivity index (χ0v) is 13.3. The third-order valence-electron chi connectivity index (χ3n) is 4.48. The maximum atomic E-state index is 13.0. The molecule has 0 saturated heterocycles. The van der Waals surface area contributed by atoms with E-state index in [0.29, 0.717) is 24.2 Å². The molecule has 0 unspecified atom stereocenters. The van der Waals surface area contributed by atoms with E-state index in [1.807, 2.05) is 0 Å². The molecule has 0 aliphatic heterocycles. The van der Waals surface area contributed by atoms with Crippen molar-refractivity contribution in [2.45, 2.75) is 25.0 Å². The van der Waals surface area contributed by atoms with Crippen LogP contribution in [0.2, 0.25) is 0 Å². The average molecular weight is 333 g/mol. The molecule has 1 aliphatic carbocycles. The summed E-state index contributed by atoms with van der Waals surface area (Å²) in [5, 5.41) is 26.2. The third kappa shape index (κ3) is 3.32. The largest absolute Gasteiger partial charge is 0.396 e. The second-order valence-electron chi connectivity index (χ2n) is 6.20. The number of nitrogens with one attached hydrogen (secondary N) is 1. The van der Waals surface area contributed by atoms with Crippen LogP contribution >= 0.6 is 0 Å². The van der Waals surface area contributed by atoms with Crippen molar-refractivity contribution in [3.05, 3.63) is 41.8 Å². The highest BCUT2D eigenvalue weighted by atomic mass is 19.1. The number of benzene rings is 1. The van der Waals surface area contributed by atoms with Gasteiger partial charge in [0, 0.05) is 31.2 Å². The lowest BCUT2D eigenvalue weighted by atomic mass is 10.1. The molecule has 128 valence electrons. The molecule has 3 atom stereocenters. The number of carbonyl (C=O) groups is 1. The Kier molecular flexibility index (Phi) is 4.64. The van der Waals surface area contributed by atoms with Gasteiger partial charge in [0.15, 0.2) is 0 Å². The molecule has 3 N–H and O–H groups in total. The van der Waals surface area contributed by atoms with Crippen LogP contribution in [0.4, 0.5) is 4.39 Å². The van der Waals surface area contributed by atoms with Gasteiger partial charge < -0.3 is 15.5 Å². The predicted molar refractivity (Wildman–Crippen MR) is 85.7 cm³/mol. The third-order valence-corrected chi connectivity index (χ3v) is 4.48. The lowest BCUT2D eigenvalue weighted by Crippen LogP contribution is -2.34. The van der Waals surface area contributed by atoms with Gasteiger partial charge in [0.1, 0.15) is 11.5 Å². The van der Waals surface area contributed by atoms with E-state index in [9.17, 15) is 19.4 Å². The summed E-state index contributed by atoms with van der Waals surface area (Å²) < 4.78 is 14.5. The van der Waals surface area contributed by atoms with E-state index in [1.54, 1.807) is 25.2 Å². The Morgan fingerprint density at radius 2 is 2.08 bits per heavy atom. The first-order valence-electron chi connectivity index (χ1n) is 7.87. The Hall–Kier alpha value is -2.25. The standard InChI is InChI=1S/C17H20FN3O3/c1-21-15(8-14(20-21)10-2-4-12(18)5-3-10)17(24)19-13-6-11(9-22)16(23)7-13/h2-5,8,11,13,16,22-23H,6-7,9H2,1H3,(H,19,24)/t11-,13+,16-/m1/s1. The highest BCUT2D eigenvalue weighted by Gasteiger charge is 2.33. The van der Waals surface area contributed by atoms with E-state index < -0.39 is 6.10 Å². The number of amides is 1. The Balaban J connectivity index is 1.73. The van der Waals surface area contributed by atoms with Gasteiger partial charge in [0.25, 0.3) is 5.91 Å². The lowest BCUT2D eigenvalue weighted by molar-refractivity contribution is 0.0902. The van der Waals surface area contributed by atoms with Crippen molar-refractivity contribution in [3.8, 4) is 11.3 Å². The zero-order valence-electron chi connectivity index (χ0n) is 13.3. The van der Waals surface area contributed by atoms with E-state index in [2.05, 4.69) is 10.4 Å². The number of aliphatic hydroxyl groups is 2. The van der Waals surface area contributed by atoms with E-state index >= 15 is 0 Å². The molecule has 1 saturated carbocycles. The van der Waals surface area contributed by atoms with Crippen molar-refractivity contribution in [1.29, 1.82) is 0 Å². The fraction of sp³-hybridized carbons (Fsp3) is 0.412. The van der Waals surface area contributed by atoms with Crippen molar-refractivity contribution in [2.75, 3.05) is 6.61 Å². The maximum Gasteiger partial charge on any atom is 0.269 e. The van der Waals surface area contributed by atoms with Crippen molar-refractivity contribution in [1.82, 2.24) is 15.1 Å². The maximum absolute atomic E-state index is 13.0. The lowest BCUT2D eigenvalue weighted by Gasteiger charge is -2.12. The molecule has 7 heteroatoms. The first kappa shape index (κ1) is 16.6. The molecular formula is C17H20FN3O3. The van der Waals surface area contributed by atoms with Crippen LogP contribution in [0, 0.1) is 11.7 Å². The van der Waals surface area contributed by atoms with Gasteiger partial charge in [-0.1, -0.05) is 0 Å². The quantitative estimate of drug-likeness (QED) is 0.782. The second-order valence-corrected chi connectivity index (χ2v) is 6.20. The Bertz CT molecular complexity index is 729. The van der Waals surface area contributed by atoms with E-state index in [-0.39, 0.29) is 30.3 Å². The predicted octanol–water partition coefficient (Wildman–Crippen LogP) is 1.09. The number of hydrogen-bond acceptors (Lipinski definition) is 4. The van der Waals surface area contributed by atoms with Crippen LogP contribution in [-0.4, -0.2) is 44.7 Å². The summed E-state index contributed by atoms with van der Waals surface area (Å²) in [4.78, 5) is 12.4. The molecule has 1 fully saturated rings. The van der Waals surface area contributed by atoms with E-state index in [0.717, 1.165) is 5.56 Å². The molecule has 0 radical (unpaired) electrons. The summed E-state index contributed by atoms with van der Waals surface area (Å²) >= 11 is 0. The van der Waals surface area contributed by atoms with Gasteiger partial charge >= 0.3 is 0 Å². The SMILES string of the molecule is Cn1nc(-c2ccc(F)cc2)cc1C(=O)N[C@H]1C[C@H](CO)[C@H](O)C1. The van der Waals surface area contributed by atoms with Crippen LogP contribution in [0.15, 0.2) is 30.3 Å². The molecule has 1 heterocycles. The number of hydrogen-bond donors (Lipinski definition) is 3. The second kappa shape index (κ2) is 6.70. The fourth-order valence-electron chi connectivity index (χ4n) is 3.12. The molecule has 6 nitrogen and oxygen atoms in total. The molecule has 3 rings (SSSR count). The van der Waals surface area contributed by atoms with Crippen molar-refractivity contribution >= 4 is 5.91 Å². The van der Waals surface area contributed by atoms with Crippen LogP contribution in [0.1, 0.15) is 23.3 Å². The molecule has 2 aromatic rings. The number of rotatable bonds is 4. The smallest absolute Gasteiger partial charge is 0.269 e. The average Bonchev–Trinajstić information content (AvgIpc) is 3.10. The Labute approximate surface area is 138 Å². The van der Waals surface area contributed by atoms with Crippen LogP contribution in [0.3, 0.4) is 0 Å². The number of aromatic nitrogens is 2. The first-order chi connectivity index (χ1) is 11.5. The van der Waals surface area contributed by atoms with Crippen molar-refractivity contribution in [3.63, 3.8) is 0 Å². The molecular weight excluding hydrogens is 313 g/mol. The van der Waals surface area contributed by atoms with Gasteiger partial charge in [-0.05, 0) is 43.2 Å². The van der Waals surface area contributed by atoms with Crippen molar-refractivity contribution in [2.24, 2.45) is 13.0 Å². The van der Waals surface area contributed by atoms with Gasteiger partial charge in [0.05, 0.1) is 11.8 Å². The zero-order chi connectivity index (χ0) is 17.3. The van der Waals surface area contributed by atoms with Gasteiger partial charge in [0.2, 0.25) is 0 Å². The van der Waals surface area contributed by atoms with Crippen molar-refractivity contribution < 1.29 is 19.4 Å². The van der Waals surface area contributed by atoms with Gasteiger partial charge in [-0.3, -0.25) is 9.48 Å². The van der Waals surface area contributed by atoms with Crippen LogP contribution in [-0.2, 0) is 7.05 Å². The van der Waals surface area contributed by atoms with Gasteiger partial charge in [-0.15, -0.1) is 0 Å². The molecule has 0 spiro atoms. The number of aryl methyl sites for hydroxylation is 1.